The number of pyridine rings is 1. The van der Waals surface area contributed by atoms with Gasteiger partial charge in [-0.15, -0.1) is 0 Å². The zero-order valence-electron chi connectivity index (χ0n) is 19.9. The monoisotopic (exact) mass is 469 g/mol. The Labute approximate surface area is 204 Å². The summed E-state index contributed by atoms with van der Waals surface area (Å²) in [6.07, 6.45) is 5.50. The standard InChI is InChI=1S/C26H27N7O2/c1-4-18-10-20(12-21(11-18)35-3)25-22(16-33(32-25)9-7-27)23-13-24(29-14-17(2)34)31-26(30-23)19-6-5-8-28-15-19/h5-6,8,10-13,15-17,34H,4,9,14H2,1-3H3,(H,29,30,31). The van der Waals surface area contributed by atoms with Crippen LogP contribution in [0.2, 0.25) is 0 Å². The molecule has 178 valence electrons. The highest BCUT2D eigenvalue weighted by atomic mass is 16.5. The van der Waals surface area contributed by atoms with Crippen LogP contribution in [0.3, 0.4) is 0 Å². The van der Waals surface area contributed by atoms with E-state index in [1.807, 2.05) is 36.5 Å². The van der Waals surface area contributed by atoms with Gasteiger partial charge in [-0.3, -0.25) is 9.67 Å². The van der Waals surface area contributed by atoms with E-state index in [9.17, 15) is 10.4 Å². The molecule has 1 aromatic carbocycles. The molecule has 0 aliphatic carbocycles. The van der Waals surface area contributed by atoms with Gasteiger partial charge in [-0.25, -0.2) is 9.97 Å². The number of hydrogen-bond acceptors (Lipinski definition) is 8. The predicted molar refractivity (Wildman–Crippen MR) is 134 cm³/mol. The zero-order valence-corrected chi connectivity index (χ0v) is 19.9. The van der Waals surface area contributed by atoms with Crippen molar-refractivity contribution < 1.29 is 9.84 Å². The van der Waals surface area contributed by atoms with Crippen molar-refractivity contribution >= 4 is 5.82 Å². The van der Waals surface area contributed by atoms with Gasteiger partial charge >= 0.3 is 0 Å². The Kier molecular flexibility index (Phi) is 7.33. The van der Waals surface area contributed by atoms with Crippen molar-refractivity contribution in [3.63, 3.8) is 0 Å². The van der Waals surface area contributed by atoms with Crippen LogP contribution in [0.15, 0.2) is 55.0 Å². The Morgan fingerprint density at radius 3 is 2.74 bits per heavy atom. The highest BCUT2D eigenvalue weighted by Gasteiger charge is 2.18. The summed E-state index contributed by atoms with van der Waals surface area (Å²) in [5, 5.41) is 26.9. The van der Waals surface area contributed by atoms with E-state index in [-0.39, 0.29) is 6.54 Å². The number of anilines is 1. The van der Waals surface area contributed by atoms with Crippen LogP contribution in [0.25, 0.3) is 33.9 Å². The number of aromatic nitrogens is 5. The van der Waals surface area contributed by atoms with Crippen molar-refractivity contribution in [1.82, 2.24) is 24.7 Å². The van der Waals surface area contributed by atoms with E-state index in [4.69, 9.17) is 14.8 Å². The number of methoxy groups -OCH3 is 1. The van der Waals surface area contributed by atoms with Gasteiger partial charge in [0, 0.05) is 47.9 Å². The van der Waals surface area contributed by atoms with Gasteiger partial charge in [0.2, 0.25) is 0 Å². The number of aryl methyl sites for hydroxylation is 1. The minimum absolute atomic E-state index is 0.102. The molecule has 4 aromatic rings. The highest BCUT2D eigenvalue weighted by Crippen LogP contribution is 2.34. The molecule has 0 amide bonds. The smallest absolute Gasteiger partial charge is 0.163 e. The van der Waals surface area contributed by atoms with E-state index in [2.05, 4.69) is 34.3 Å². The maximum atomic E-state index is 9.77. The van der Waals surface area contributed by atoms with Crippen molar-refractivity contribution in [2.45, 2.75) is 32.9 Å². The van der Waals surface area contributed by atoms with E-state index in [0.29, 0.717) is 29.6 Å². The van der Waals surface area contributed by atoms with Crippen molar-refractivity contribution in [3.8, 4) is 45.7 Å². The quantitative estimate of drug-likeness (QED) is 0.378. The molecule has 0 radical (unpaired) electrons. The average Bonchev–Trinajstić information content (AvgIpc) is 3.31. The maximum absolute atomic E-state index is 9.77. The van der Waals surface area contributed by atoms with Crippen LogP contribution >= 0.6 is 0 Å². The highest BCUT2D eigenvalue weighted by molar-refractivity contribution is 5.81. The lowest BCUT2D eigenvalue weighted by Gasteiger charge is -2.12. The number of aliphatic hydroxyl groups excluding tert-OH is 1. The Morgan fingerprint density at radius 2 is 2.06 bits per heavy atom. The van der Waals surface area contributed by atoms with Gasteiger partial charge in [-0.2, -0.15) is 10.4 Å². The number of ether oxygens (including phenoxy) is 1. The summed E-state index contributed by atoms with van der Waals surface area (Å²) >= 11 is 0. The fraction of sp³-hybridized carbons (Fsp3) is 0.269. The van der Waals surface area contributed by atoms with Gasteiger partial charge in [-0.05, 0) is 49.2 Å². The SMILES string of the molecule is CCc1cc(OC)cc(-c2nn(CC#N)cc2-c2cc(NCC(C)O)nc(-c3cccnc3)n2)c1. The van der Waals surface area contributed by atoms with E-state index < -0.39 is 6.10 Å². The second-order valence-corrected chi connectivity index (χ2v) is 8.10. The van der Waals surface area contributed by atoms with E-state index >= 15 is 0 Å². The molecule has 4 rings (SSSR count). The fourth-order valence-electron chi connectivity index (χ4n) is 3.65. The maximum Gasteiger partial charge on any atom is 0.163 e. The first-order valence-corrected chi connectivity index (χ1v) is 11.3. The predicted octanol–water partition coefficient (Wildman–Crippen LogP) is 3.96. The molecule has 1 unspecified atom stereocenters. The molecule has 2 N–H and O–H groups in total. The molecule has 0 saturated heterocycles. The molecular formula is C26H27N7O2. The lowest BCUT2D eigenvalue weighted by molar-refractivity contribution is 0.208. The summed E-state index contributed by atoms with van der Waals surface area (Å²) < 4.78 is 7.12. The largest absolute Gasteiger partial charge is 0.497 e. The summed E-state index contributed by atoms with van der Waals surface area (Å²) in [6.45, 7) is 4.22. The van der Waals surface area contributed by atoms with Crippen LogP contribution in [-0.4, -0.2) is 49.6 Å². The first-order chi connectivity index (χ1) is 17.0. The third kappa shape index (κ3) is 5.62. The Morgan fingerprint density at radius 1 is 1.20 bits per heavy atom. The van der Waals surface area contributed by atoms with Crippen LogP contribution in [0.5, 0.6) is 5.75 Å². The Hall–Kier alpha value is -4.29. The van der Waals surface area contributed by atoms with Gasteiger partial charge in [-0.1, -0.05) is 6.92 Å². The molecule has 35 heavy (non-hydrogen) atoms. The Balaban J connectivity index is 1.90. The second-order valence-electron chi connectivity index (χ2n) is 8.10. The molecule has 0 bridgehead atoms. The van der Waals surface area contributed by atoms with Crippen LogP contribution < -0.4 is 10.1 Å². The molecule has 0 fully saturated rings. The van der Waals surface area contributed by atoms with Crippen LogP contribution in [-0.2, 0) is 13.0 Å². The molecule has 9 nitrogen and oxygen atoms in total. The number of hydrogen-bond donors (Lipinski definition) is 2. The number of benzene rings is 1. The lowest BCUT2D eigenvalue weighted by Crippen LogP contribution is -2.16. The summed E-state index contributed by atoms with van der Waals surface area (Å²) in [5.74, 6) is 1.79. The number of aliphatic hydroxyl groups is 1. The third-order valence-electron chi connectivity index (χ3n) is 5.38. The molecule has 3 heterocycles. The number of rotatable bonds is 9. The third-order valence-corrected chi connectivity index (χ3v) is 5.38. The van der Waals surface area contributed by atoms with Crippen LogP contribution in [0, 0.1) is 11.3 Å². The lowest BCUT2D eigenvalue weighted by atomic mass is 10.0. The minimum atomic E-state index is -0.548. The molecule has 0 spiro atoms. The van der Waals surface area contributed by atoms with Crippen molar-refractivity contribution in [2.75, 3.05) is 19.0 Å². The molecule has 0 saturated carbocycles. The zero-order chi connectivity index (χ0) is 24.8. The molecular weight excluding hydrogens is 442 g/mol. The van der Waals surface area contributed by atoms with Gasteiger partial charge in [0.25, 0.3) is 0 Å². The number of nitriles is 1. The van der Waals surface area contributed by atoms with Gasteiger partial charge in [0.15, 0.2) is 5.82 Å². The Bertz CT molecular complexity index is 1320. The summed E-state index contributed by atoms with van der Waals surface area (Å²) in [4.78, 5) is 13.6. The molecule has 9 heteroatoms. The molecule has 0 aliphatic rings. The van der Waals surface area contributed by atoms with Crippen molar-refractivity contribution in [3.05, 3.63) is 60.6 Å². The topological polar surface area (TPSA) is 122 Å². The summed E-state index contributed by atoms with van der Waals surface area (Å²) in [7, 11) is 1.64. The van der Waals surface area contributed by atoms with Crippen LogP contribution in [0.4, 0.5) is 5.82 Å². The summed E-state index contributed by atoms with van der Waals surface area (Å²) in [6, 6.07) is 13.7. The van der Waals surface area contributed by atoms with Crippen molar-refractivity contribution in [2.24, 2.45) is 0 Å². The number of nitrogens with one attached hydrogen (secondary N) is 1. The van der Waals surface area contributed by atoms with Crippen LogP contribution in [0.1, 0.15) is 19.4 Å². The van der Waals surface area contributed by atoms with Crippen molar-refractivity contribution in [1.29, 1.82) is 5.26 Å². The molecule has 0 aliphatic heterocycles. The molecule has 1 atom stereocenters. The van der Waals surface area contributed by atoms with Gasteiger partial charge in [0.05, 0.1) is 25.0 Å². The van der Waals surface area contributed by atoms with E-state index in [1.54, 1.807) is 31.1 Å². The van der Waals surface area contributed by atoms with Gasteiger partial charge in [0.1, 0.15) is 23.8 Å². The average molecular weight is 470 g/mol. The second kappa shape index (κ2) is 10.8. The molecule has 3 aromatic heterocycles. The first-order valence-electron chi connectivity index (χ1n) is 11.3. The minimum Gasteiger partial charge on any atom is -0.497 e. The van der Waals surface area contributed by atoms with E-state index in [1.165, 1.54) is 0 Å². The van der Waals surface area contributed by atoms with E-state index in [0.717, 1.165) is 34.4 Å². The fourth-order valence-corrected chi connectivity index (χ4v) is 3.65. The van der Waals surface area contributed by atoms with Gasteiger partial charge < -0.3 is 15.2 Å². The number of nitrogens with zero attached hydrogens (tertiary/aromatic N) is 6. The first kappa shape index (κ1) is 23.9. The normalized spacial score (nSPS) is 11.6. The summed E-state index contributed by atoms with van der Waals surface area (Å²) in [5.41, 5.74) is 4.81.